The number of rotatable bonds is 7. The molecule has 242 valence electrons. The molecular weight excluding hydrogens is 643 g/mol. The van der Waals surface area contributed by atoms with Crippen molar-refractivity contribution in [3.05, 3.63) is 63.6 Å². The molecule has 0 N–H and O–H groups in total. The number of hydrogen-bond donors (Lipinski definition) is 0. The third-order valence-electron chi connectivity index (χ3n) is 7.87. The van der Waals surface area contributed by atoms with E-state index in [0.29, 0.717) is 6.07 Å². The number of nitrogens with zero attached hydrogens (tertiary/aromatic N) is 4. The second-order valence-corrected chi connectivity index (χ2v) is 12.4. The minimum atomic E-state index is -5.00. The molecule has 2 aromatic carbocycles. The number of thioether (sulfide) groups is 1. The van der Waals surface area contributed by atoms with Gasteiger partial charge in [0, 0.05) is 65.5 Å². The largest absolute Gasteiger partial charge is 0.417 e. The van der Waals surface area contributed by atoms with Crippen molar-refractivity contribution in [2.45, 2.75) is 49.7 Å². The number of methoxy groups -OCH3 is 1. The molecule has 1 saturated heterocycles. The highest BCUT2D eigenvalue weighted by Gasteiger charge is 2.40. The molecule has 3 unspecified atom stereocenters. The lowest BCUT2D eigenvalue weighted by Gasteiger charge is -2.44. The molecule has 3 heterocycles. The first kappa shape index (κ1) is 33.2. The van der Waals surface area contributed by atoms with Crippen LogP contribution in [0.15, 0.2) is 40.5 Å². The first-order chi connectivity index (χ1) is 21.3. The Hall–Kier alpha value is -3.20. The first-order valence-corrected chi connectivity index (χ1v) is 15.4. The molecule has 0 radical (unpaired) electrons. The molecule has 15 heteroatoms. The summed E-state index contributed by atoms with van der Waals surface area (Å²) in [5.74, 6) is -2.55. The number of carbonyl (C=O) groups excluding carboxylic acids is 1. The minimum absolute atomic E-state index is 0.00548. The van der Waals surface area contributed by atoms with Gasteiger partial charge < -0.3 is 19.3 Å². The Morgan fingerprint density at radius 2 is 1.82 bits per heavy atom. The van der Waals surface area contributed by atoms with Crippen molar-refractivity contribution in [3.8, 4) is 11.1 Å². The van der Waals surface area contributed by atoms with Crippen LogP contribution in [0.4, 0.5) is 27.8 Å². The Bertz CT molecular complexity index is 1710. The summed E-state index contributed by atoms with van der Waals surface area (Å²) in [6.45, 7) is 7.82. The van der Waals surface area contributed by atoms with Gasteiger partial charge in [0.2, 0.25) is 5.91 Å². The van der Waals surface area contributed by atoms with Gasteiger partial charge in [0.05, 0.1) is 42.0 Å². The summed E-state index contributed by atoms with van der Waals surface area (Å²) >= 11 is 6.92. The maximum absolute atomic E-state index is 15.3. The predicted molar refractivity (Wildman–Crippen MR) is 162 cm³/mol. The second-order valence-electron chi connectivity index (χ2n) is 10.9. The van der Waals surface area contributed by atoms with Crippen molar-refractivity contribution in [1.82, 2.24) is 14.5 Å². The number of amides is 1. The Morgan fingerprint density at radius 3 is 2.44 bits per heavy atom. The number of hydrogen-bond acceptors (Lipinski definition) is 7. The van der Waals surface area contributed by atoms with Crippen LogP contribution < -0.4 is 10.6 Å². The molecular formula is C30H30ClF5N4O4S. The van der Waals surface area contributed by atoms with Gasteiger partial charge in [-0.2, -0.15) is 18.2 Å². The Kier molecular flexibility index (Phi) is 9.50. The van der Waals surface area contributed by atoms with Crippen molar-refractivity contribution in [3.63, 3.8) is 0 Å². The third-order valence-corrected chi connectivity index (χ3v) is 9.39. The van der Waals surface area contributed by atoms with Gasteiger partial charge in [0.15, 0.2) is 0 Å². The van der Waals surface area contributed by atoms with Crippen molar-refractivity contribution >= 4 is 46.0 Å². The van der Waals surface area contributed by atoms with Crippen molar-refractivity contribution in [2.75, 3.05) is 44.1 Å². The van der Waals surface area contributed by atoms with Crippen molar-refractivity contribution in [1.29, 1.82) is 0 Å². The second kappa shape index (κ2) is 12.9. The van der Waals surface area contributed by atoms with E-state index in [1.807, 2.05) is 0 Å². The first-order valence-electron chi connectivity index (χ1n) is 14.0. The zero-order valence-electron chi connectivity index (χ0n) is 24.6. The summed E-state index contributed by atoms with van der Waals surface area (Å²) in [5.41, 5.74) is -2.96. The summed E-state index contributed by atoms with van der Waals surface area (Å²) in [7, 11) is 1.49. The van der Waals surface area contributed by atoms with Gasteiger partial charge in [-0.25, -0.2) is 13.6 Å². The highest BCUT2D eigenvalue weighted by atomic mass is 35.5. The molecule has 3 atom stereocenters. The molecule has 1 fully saturated rings. The lowest BCUT2D eigenvalue weighted by atomic mass is 9.95. The molecule has 45 heavy (non-hydrogen) atoms. The van der Waals surface area contributed by atoms with Crippen LogP contribution in [0.1, 0.15) is 19.4 Å². The van der Waals surface area contributed by atoms with Gasteiger partial charge in [-0.05, 0) is 32.1 Å². The normalized spacial score (nSPS) is 20.4. The molecule has 1 amide bonds. The SMILES string of the molecule is C=CC(=O)N1C(C)CN(c2nc(=O)n3c4c(c(-c5cc(Cl)c(F)cc5F)c(C(F)(F)F)cc24)SCC(OCCOC)C3)CC1C. The van der Waals surface area contributed by atoms with Gasteiger partial charge in [-0.1, -0.05) is 18.2 Å². The maximum Gasteiger partial charge on any atom is 0.417 e. The zero-order chi connectivity index (χ0) is 32.8. The third kappa shape index (κ3) is 6.29. The van der Waals surface area contributed by atoms with Crippen molar-refractivity contribution < 1.29 is 36.2 Å². The van der Waals surface area contributed by atoms with Crippen LogP contribution in [0, 0.1) is 11.6 Å². The zero-order valence-corrected chi connectivity index (χ0v) is 26.2. The van der Waals surface area contributed by atoms with E-state index in [1.54, 1.807) is 23.6 Å². The number of piperazine rings is 1. The molecule has 5 rings (SSSR count). The van der Waals surface area contributed by atoms with Crippen LogP contribution >= 0.6 is 23.4 Å². The van der Waals surface area contributed by atoms with Crippen LogP contribution in [-0.2, 0) is 27.0 Å². The molecule has 2 aliphatic rings. The number of halogens is 6. The summed E-state index contributed by atoms with van der Waals surface area (Å²) in [4.78, 5) is 33.8. The molecule has 3 aromatic rings. The van der Waals surface area contributed by atoms with Gasteiger partial charge in [-0.15, -0.1) is 11.8 Å². The number of alkyl halides is 3. The van der Waals surface area contributed by atoms with E-state index in [0.717, 1.165) is 23.9 Å². The Labute approximate surface area is 264 Å². The molecule has 2 aliphatic heterocycles. The number of benzene rings is 2. The van der Waals surface area contributed by atoms with Gasteiger partial charge in [0.25, 0.3) is 0 Å². The molecule has 8 nitrogen and oxygen atoms in total. The summed E-state index contributed by atoms with van der Waals surface area (Å²) in [5, 5.41) is -0.545. The van der Waals surface area contributed by atoms with E-state index < -0.39 is 63.4 Å². The lowest BCUT2D eigenvalue weighted by Crippen LogP contribution is -2.58. The van der Waals surface area contributed by atoms with Crippen LogP contribution in [0.3, 0.4) is 0 Å². The Morgan fingerprint density at radius 1 is 1.13 bits per heavy atom. The van der Waals surface area contributed by atoms with E-state index in [9.17, 15) is 27.2 Å². The average Bonchev–Trinajstić information content (AvgIpc) is 3.16. The fourth-order valence-electron chi connectivity index (χ4n) is 6.02. The molecule has 0 aliphatic carbocycles. The molecule has 0 saturated carbocycles. The number of carbonyl (C=O) groups is 1. The average molecular weight is 673 g/mol. The predicted octanol–water partition coefficient (Wildman–Crippen LogP) is 5.76. The quantitative estimate of drug-likeness (QED) is 0.137. The van der Waals surface area contributed by atoms with E-state index >= 15 is 4.39 Å². The molecule has 0 bridgehead atoms. The molecule has 1 aromatic heterocycles. The van der Waals surface area contributed by atoms with Crippen LogP contribution in [-0.4, -0.2) is 77.7 Å². The van der Waals surface area contributed by atoms with E-state index in [2.05, 4.69) is 11.6 Å². The van der Waals surface area contributed by atoms with E-state index in [4.69, 9.17) is 21.1 Å². The standard InChI is InChI=1S/C30H30ClF5N4O4S/c1-5-24(41)40-15(2)11-38(12-16(40)3)28-19-8-20(30(34,35)36)25(18-9-21(31)23(33)10-22(18)32)27-26(19)39(29(42)37-28)13-17(14-45-27)44-7-6-43-4/h5,8-10,15-17H,1,6-7,11-14H2,2-4H3. The molecule has 0 spiro atoms. The minimum Gasteiger partial charge on any atom is -0.382 e. The monoisotopic (exact) mass is 672 g/mol. The highest BCUT2D eigenvalue weighted by molar-refractivity contribution is 7.99. The van der Waals surface area contributed by atoms with Gasteiger partial charge in [-0.3, -0.25) is 9.36 Å². The highest BCUT2D eigenvalue weighted by Crippen LogP contribution is 2.49. The van der Waals surface area contributed by atoms with E-state index in [1.165, 1.54) is 17.8 Å². The number of aromatic nitrogens is 2. The van der Waals surface area contributed by atoms with Crippen LogP contribution in [0.2, 0.25) is 5.02 Å². The summed E-state index contributed by atoms with van der Waals surface area (Å²) in [6, 6.07) is 1.33. The fourth-order valence-corrected chi connectivity index (χ4v) is 7.46. The topological polar surface area (TPSA) is 76.9 Å². The van der Waals surface area contributed by atoms with Gasteiger partial charge >= 0.3 is 11.9 Å². The maximum atomic E-state index is 15.3. The fraction of sp³-hybridized carbons (Fsp3) is 0.433. The van der Waals surface area contributed by atoms with Gasteiger partial charge in [0.1, 0.15) is 17.5 Å². The Balaban J connectivity index is 1.81. The summed E-state index contributed by atoms with van der Waals surface area (Å²) in [6.07, 6.45) is -4.44. The number of anilines is 1. The lowest BCUT2D eigenvalue weighted by molar-refractivity contribution is -0.137. The van der Waals surface area contributed by atoms with Crippen molar-refractivity contribution in [2.24, 2.45) is 0 Å². The smallest absolute Gasteiger partial charge is 0.382 e. The number of ether oxygens (including phenoxy) is 2. The summed E-state index contributed by atoms with van der Waals surface area (Å²) < 4.78 is 86.4. The van der Waals surface area contributed by atoms with Crippen LogP contribution in [0.5, 0.6) is 0 Å². The van der Waals surface area contributed by atoms with Crippen LogP contribution in [0.25, 0.3) is 22.0 Å². The van der Waals surface area contributed by atoms with E-state index in [-0.39, 0.29) is 66.1 Å².